The zero-order valence-corrected chi connectivity index (χ0v) is 12.6. The highest BCUT2D eigenvalue weighted by Gasteiger charge is 2.28. The van der Waals surface area contributed by atoms with Gasteiger partial charge >= 0.3 is 0 Å². The topological polar surface area (TPSA) is 35.5 Å². The SMILES string of the molecule is COc1ccc(C2CC(=O)c3cc(C)ccc3O2)cc1Cl. The van der Waals surface area contributed by atoms with Crippen LogP contribution in [0.4, 0.5) is 0 Å². The Bertz CT molecular complexity index is 709. The molecule has 1 heterocycles. The summed E-state index contributed by atoms with van der Waals surface area (Å²) in [4.78, 5) is 12.3. The van der Waals surface area contributed by atoms with Gasteiger partial charge < -0.3 is 9.47 Å². The predicted molar refractivity (Wildman–Crippen MR) is 81.5 cm³/mol. The molecule has 3 rings (SSSR count). The zero-order valence-electron chi connectivity index (χ0n) is 11.9. The molecular formula is C17H15ClO3. The average molecular weight is 303 g/mol. The van der Waals surface area contributed by atoms with Crippen LogP contribution in [0.25, 0.3) is 0 Å². The molecular weight excluding hydrogens is 288 g/mol. The van der Waals surface area contributed by atoms with Crippen molar-refractivity contribution in [3.63, 3.8) is 0 Å². The molecule has 0 aromatic heterocycles. The van der Waals surface area contributed by atoms with Gasteiger partial charge in [0.2, 0.25) is 0 Å². The van der Waals surface area contributed by atoms with Crippen molar-refractivity contribution in [2.75, 3.05) is 7.11 Å². The van der Waals surface area contributed by atoms with Gasteiger partial charge in [0.05, 0.1) is 24.1 Å². The number of rotatable bonds is 2. The average Bonchev–Trinajstić information content (AvgIpc) is 2.47. The van der Waals surface area contributed by atoms with Crippen LogP contribution < -0.4 is 9.47 Å². The van der Waals surface area contributed by atoms with Crippen LogP contribution in [0.15, 0.2) is 36.4 Å². The zero-order chi connectivity index (χ0) is 15.0. The number of Topliss-reactive ketones (excluding diaryl/α,β-unsaturated/α-hetero) is 1. The number of benzene rings is 2. The Kier molecular flexibility index (Phi) is 3.60. The van der Waals surface area contributed by atoms with E-state index in [4.69, 9.17) is 21.1 Å². The van der Waals surface area contributed by atoms with E-state index in [2.05, 4.69) is 0 Å². The van der Waals surface area contributed by atoms with Crippen molar-refractivity contribution in [1.82, 2.24) is 0 Å². The van der Waals surface area contributed by atoms with Crippen molar-refractivity contribution >= 4 is 17.4 Å². The fourth-order valence-corrected chi connectivity index (χ4v) is 2.77. The molecule has 0 amide bonds. The Hall–Kier alpha value is -2.00. The van der Waals surface area contributed by atoms with Crippen molar-refractivity contribution in [3.8, 4) is 11.5 Å². The Morgan fingerprint density at radius 2 is 2.05 bits per heavy atom. The lowest BCUT2D eigenvalue weighted by Gasteiger charge is -2.26. The number of ketones is 1. The molecule has 1 unspecified atom stereocenters. The largest absolute Gasteiger partial charge is 0.495 e. The van der Waals surface area contributed by atoms with E-state index >= 15 is 0 Å². The lowest BCUT2D eigenvalue weighted by molar-refractivity contribution is 0.0850. The van der Waals surface area contributed by atoms with Crippen molar-refractivity contribution in [1.29, 1.82) is 0 Å². The molecule has 1 aliphatic heterocycles. The summed E-state index contributed by atoms with van der Waals surface area (Å²) in [5, 5.41) is 0.515. The minimum atomic E-state index is -0.309. The quantitative estimate of drug-likeness (QED) is 0.826. The second-order valence-corrected chi connectivity index (χ2v) is 5.53. The number of methoxy groups -OCH3 is 1. The summed E-state index contributed by atoms with van der Waals surface area (Å²) in [7, 11) is 1.57. The number of hydrogen-bond donors (Lipinski definition) is 0. The van der Waals surface area contributed by atoms with Crippen LogP contribution in [0.3, 0.4) is 0 Å². The van der Waals surface area contributed by atoms with Crippen molar-refractivity contribution in [3.05, 3.63) is 58.1 Å². The lowest BCUT2D eigenvalue weighted by Crippen LogP contribution is -2.20. The van der Waals surface area contributed by atoms with Crippen LogP contribution in [0.2, 0.25) is 5.02 Å². The number of carbonyl (C=O) groups excluding carboxylic acids is 1. The standard InChI is InChI=1S/C17H15ClO3/c1-10-3-5-15-12(7-10)14(19)9-17(21-15)11-4-6-16(20-2)13(18)8-11/h3-8,17H,9H2,1-2H3. The van der Waals surface area contributed by atoms with Gasteiger partial charge in [-0.25, -0.2) is 0 Å². The van der Waals surface area contributed by atoms with Gasteiger partial charge in [-0.1, -0.05) is 29.3 Å². The molecule has 0 N–H and O–H groups in total. The Labute approximate surface area is 128 Å². The molecule has 1 aliphatic rings. The van der Waals surface area contributed by atoms with E-state index in [9.17, 15) is 4.79 Å². The van der Waals surface area contributed by atoms with Gasteiger partial charge in [-0.2, -0.15) is 0 Å². The molecule has 1 atom stereocenters. The van der Waals surface area contributed by atoms with Crippen LogP contribution in [0, 0.1) is 6.92 Å². The van der Waals surface area contributed by atoms with Gasteiger partial charge in [0.1, 0.15) is 17.6 Å². The maximum absolute atomic E-state index is 12.3. The molecule has 2 aromatic carbocycles. The van der Waals surface area contributed by atoms with Crippen LogP contribution in [0.1, 0.15) is 34.0 Å². The van der Waals surface area contributed by atoms with Crippen LogP contribution in [-0.4, -0.2) is 12.9 Å². The van der Waals surface area contributed by atoms with E-state index in [1.54, 1.807) is 19.2 Å². The number of ether oxygens (including phenoxy) is 2. The molecule has 3 nitrogen and oxygen atoms in total. The van der Waals surface area contributed by atoms with Gasteiger partial charge in [0.25, 0.3) is 0 Å². The van der Waals surface area contributed by atoms with Gasteiger partial charge in [0.15, 0.2) is 5.78 Å². The van der Waals surface area contributed by atoms with Gasteiger partial charge in [-0.05, 0) is 36.8 Å². The highest BCUT2D eigenvalue weighted by Crippen LogP contribution is 2.37. The first kappa shape index (κ1) is 14.0. The summed E-state index contributed by atoms with van der Waals surface area (Å²) in [5.41, 5.74) is 2.59. The Balaban J connectivity index is 1.94. The van der Waals surface area contributed by atoms with E-state index in [0.717, 1.165) is 11.1 Å². The normalized spacial score (nSPS) is 17.1. The second kappa shape index (κ2) is 5.41. The number of carbonyl (C=O) groups is 1. The summed E-state index contributed by atoms with van der Waals surface area (Å²) < 4.78 is 11.1. The third-order valence-electron chi connectivity index (χ3n) is 3.62. The lowest BCUT2D eigenvalue weighted by atomic mass is 9.95. The van der Waals surface area contributed by atoms with Crippen molar-refractivity contribution in [2.45, 2.75) is 19.4 Å². The molecule has 2 aromatic rings. The molecule has 21 heavy (non-hydrogen) atoms. The first-order chi connectivity index (χ1) is 10.1. The smallest absolute Gasteiger partial charge is 0.170 e. The highest BCUT2D eigenvalue weighted by atomic mass is 35.5. The Morgan fingerprint density at radius 1 is 1.24 bits per heavy atom. The fraction of sp³-hybridized carbons (Fsp3) is 0.235. The summed E-state index contributed by atoms with van der Waals surface area (Å²) in [6.07, 6.45) is 0.00941. The van der Waals surface area contributed by atoms with E-state index in [0.29, 0.717) is 28.5 Å². The van der Waals surface area contributed by atoms with E-state index in [-0.39, 0.29) is 11.9 Å². The van der Waals surface area contributed by atoms with E-state index in [1.807, 2.05) is 31.2 Å². The fourth-order valence-electron chi connectivity index (χ4n) is 2.51. The third-order valence-corrected chi connectivity index (χ3v) is 3.92. The molecule has 0 radical (unpaired) electrons. The maximum atomic E-state index is 12.3. The molecule has 108 valence electrons. The maximum Gasteiger partial charge on any atom is 0.170 e. The minimum Gasteiger partial charge on any atom is -0.495 e. The first-order valence-electron chi connectivity index (χ1n) is 6.72. The molecule has 0 bridgehead atoms. The summed E-state index contributed by atoms with van der Waals surface area (Å²) >= 11 is 6.14. The van der Waals surface area contributed by atoms with E-state index in [1.165, 1.54) is 0 Å². The highest BCUT2D eigenvalue weighted by molar-refractivity contribution is 6.32. The van der Waals surface area contributed by atoms with Gasteiger partial charge in [0, 0.05) is 0 Å². The second-order valence-electron chi connectivity index (χ2n) is 5.13. The molecule has 0 saturated heterocycles. The number of fused-ring (bicyclic) bond motifs is 1. The summed E-state index contributed by atoms with van der Waals surface area (Å²) in [6.45, 7) is 1.96. The summed E-state index contributed by atoms with van der Waals surface area (Å²) in [5.74, 6) is 1.34. The minimum absolute atomic E-state index is 0.0943. The summed E-state index contributed by atoms with van der Waals surface area (Å²) in [6, 6.07) is 11.1. The monoisotopic (exact) mass is 302 g/mol. The predicted octanol–water partition coefficient (Wildman–Crippen LogP) is 4.36. The number of aryl methyl sites for hydroxylation is 1. The number of halogens is 1. The number of hydrogen-bond acceptors (Lipinski definition) is 3. The third kappa shape index (κ3) is 2.61. The van der Waals surface area contributed by atoms with E-state index < -0.39 is 0 Å². The first-order valence-corrected chi connectivity index (χ1v) is 7.10. The molecule has 0 fully saturated rings. The van der Waals surface area contributed by atoms with Crippen LogP contribution >= 0.6 is 11.6 Å². The molecule has 0 spiro atoms. The van der Waals surface area contributed by atoms with Crippen LogP contribution in [-0.2, 0) is 0 Å². The molecule has 0 aliphatic carbocycles. The molecule has 4 heteroatoms. The molecule has 0 saturated carbocycles. The Morgan fingerprint density at radius 3 is 2.76 bits per heavy atom. The van der Waals surface area contributed by atoms with Gasteiger partial charge in [-0.15, -0.1) is 0 Å². The van der Waals surface area contributed by atoms with Crippen molar-refractivity contribution < 1.29 is 14.3 Å². The van der Waals surface area contributed by atoms with Crippen molar-refractivity contribution in [2.24, 2.45) is 0 Å². The van der Waals surface area contributed by atoms with Gasteiger partial charge in [-0.3, -0.25) is 4.79 Å². The van der Waals surface area contributed by atoms with Crippen LogP contribution in [0.5, 0.6) is 11.5 Å².